The predicted molar refractivity (Wildman–Crippen MR) is 141 cm³/mol. The number of carboxylic acid groups (broad SMARTS) is 1. The Hall–Kier alpha value is -2.87. The monoisotopic (exact) mass is 593 g/mol. The molecule has 194 valence electrons. The van der Waals surface area contributed by atoms with Gasteiger partial charge in [-0.05, 0) is 0 Å². The molecule has 0 saturated carbocycles. The summed E-state index contributed by atoms with van der Waals surface area (Å²) in [6, 6.07) is 21.4. The summed E-state index contributed by atoms with van der Waals surface area (Å²) in [4.78, 5) is 12.3. The molecular weight excluding hydrogens is 566 g/mol. The average Bonchev–Trinajstić information content (AvgIpc) is 3.25. The Balaban J connectivity index is 1.55. The summed E-state index contributed by atoms with van der Waals surface area (Å²) in [6.07, 6.45) is -3.53. The van der Waals surface area contributed by atoms with Gasteiger partial charge >= 0.3 is 225 Å². The number of halogens is 3. The zero-order chi connectivity index (χ0) is 26.6. The third kappa shape index (κ3) is 7.12. The Bertz CT molecular complexity index is 1280. The number of thioether (sulfide) groups is 1. The van der Waals surface area contributed by atoms with Crippen LogP contribution in [0.3, 0.4) is 0 Å². The Morgan fingerprint density at radius 3 is 2.41 bits per heavy atom. The van der Waals surface area contributed by atoms with Crippen LogP contribution in [0.1, 0.15) is 34.6 Å². The summed E-state index contributed by atoms with van der Waals surface area (Å²) in [5, 5.41) is 12.2. The molecule has 0 radical (unpaired) electrons. The first kappa shape index (κ1) is 27.2. The summed E-state index contributed by atoms with van der Waals surface area (Å²) in [5.41, 5.74) is 3.28. The van der Waals surface area contributed by atoms with E-state index in [9.17, 15) is 18.0 Å². The van der Waals surface area contributed by atoms with E-state index in [4.69, 9.17) is 9.84 Å². The van der Waals surface area contributed by atoms with Gasteiger partial charge in [0.25, 0.3) is 0 Å². The molecule has 2 atom stereocenters. The fraction of sp³-hybridized carbons (Fsp3) is 0.250. The van der Waals surface area contributed by atoms with Crippen molar-refractivity contribution >= 4 is 37.1 Å². The topological polar surface area (TPSA) is 58.6 Å². The van der Waals surface area contributed by atoms with Crippen molar-refractivity contribution in [2.75, 3.05) is 6.61 Å². The predicted octanol–water partition coefficient (Wildman–Crippen LogP) is 6.10. The van der Waals surface area contributed by atoms with Crippen LogP contribution >= 0.6 is 11.8 Å². The van der Waals surface area contributed by atoms with Crippen molar-refractivity contribution in [3.05, 3.63) is 106 Å². The summed E-state index contributed by atoms with van der Waals surface area (Å²) >= 11 is 1.70. The van der Waals surface area contributed by atoms with E-state index in [1.165, 1.54) is 10.5 Å². The van der Waals surface area contributed by atoms with E-state index in [2.05, 4.69) is 17.4 Å². The second-order valence-corrected chi connectivity index (χ2v) is 12.5. The van der Waals surface area contributed by atoms with E-state index in [1.807, 2.05) is 50.2 Å². The maximum atomic E-state index is 13.0. The van der Waals surface area contributed by atoms with Gasteiger partial charge in [0.15, 0.2) is 0 Å². The number of aliphatic carboxylic acids is 1. The molecule has 1 aliphatic heterocycles. The zero-order valence-corrected chi connectivity index (χ0v) is 22.7. The third-order valence-corrected chi connectivity index (χ3v) is 10.2. The molecule has 4 rings (SSSR count). The van der Waals surface area contributed by atoms with Crippen molar-refractivity contribution in [1.82, 2.24) is 5.32 Å². The van der Waals surface area contributed by atoms with Crippen LogP contribution in [0.25, 0.3) is 0 Å². The van der Waals surface area contributed by atoms with Gasteiger partial charge in [-0.2, -0.15) is 0 Å². The SMILES string of the molecule is CC1=C(C(Cc2ccccc2)[Se]c2ccc(OCC(=O)O)c(C)c2)SC(c2ccc(C(F)(F)F)cc2)N1. The van der Waals surface area contributed by atoms with Crippen LogP contribution in [-0.2, 0) is 17.4 Å². The second-order valence-electron chi connectivity index (χ2n) is 8.66. The number of aryl methyl sites for hydroxylation is 1. The van der Waals surface area contributed by atoms with Gasteiger partial charge in [0, 0.05) is 0 Å². The summed E-state index contributed by atoms with van der Waals surface area (Å²) in [6.45, 7) is 3.54. The van der Waals surface area contributed by atoms with Gasteiger partial charge < -0.3 is 0 Å². The molecule has 37 heavy (non-hydrogen) atoms. The van der Waals surface area contributed by atoms with Crippen molar-refractivity contribution < 1.29 is 27.8 Å². The summed E-state index contributed by atoms with van der Waals surface area (Å²) in [7, 11) is 0. The molecule has 0 bridgehead atoms. The molecule has 0 aliphatic carbocycles. The standard InChI is InChI=1S/C28H26F3NO3SSe/c1-17-14-22(12-13-23(17)35-16-25(33)34)37-24(15-19-6-4-3-5-7-19)26-18(2)32-27(36-26)20-8-10-21(11-9-20)28(29,30)31/h3-14,24,27,32H,15-16H2,1-2H3,(H,33,34). The van der Waals surface area contributed by atoms with Crippen LogP contribution in [0.5, 0.6) is 5.75 Å². The first-order chi connectivity index (χ1) is 17.6. The first-order valence-electron chi connectivity index (χ1n) is 11.6. The first-order valence-corrected chi connectivity index (χ1v) is 14.3. The summed E-state index contributed by atoms with van der Waals surface area (Å²) < 4.78 is 45.6. The van der Waals surface area contributed by atoms with Gasteiger partial charge in [-0.3, -0.25) is 0 Å². The molecule has 0 fully saturated rings. The van der Waals surface area contributed by atoms with Crippen LogP contribution in [0.2, 0.25) is 4.82 Å². The van der Waals surface area contributed by atoms with Gasteiger partial charge in [-0.1, -0.05) is 0 Å². The number of nitrogens with one attached hydrogen (secondary N) is 1. The quantitative estimate of drug-likeness (QED) is 0.294. The number of ether oxygens (including phenoxy) is 1. The van der Waals surface area contributed by atoms with Crippen molar-refractivity contribution in [2.45, 2.75) is 36.6 Å². The van der Waals surface area contributed by atoms with E-state index < -0.39 is 17.7 Å². The number of benzene rings is 3. The normalized spacial score (nSPS) is 16.4. The van der Waals surface area contributed by atoms with E-state index in [-0.39, 0.29) is 31.8 Å². The van der Waals surface area contributed by atoms with Gasteiger partial charge in [0.1, 0.15) is 0 Å². The molecule has 1 heterocycles. The number of carbonyl (C=O) groups is 1. The maximum absolute atomic E-state index is 13.0. The third-order valence-electron chi connectivity index (χ3n) is 5.84. The van der Waals surface area contributed by atoms with Crippen molar-refractivity contribution in [1.29, 1.82) is 0 Å². The summed E-state index contributed by atoms with van der Waals surface area (Å²) in [5.74, 6) is -0.470. The number of allylic oxidation sites excluding steroid dienone is 2. The minimum absolute atomic E-state index is 0.0340. The Labute approximate surface area is 224 Å². The molecule has 4 nitrogen and oxygen atoms in total. The number of hydrogen-bond acceptors (Lipinski definition) is 4. The molecule has 3 aromatic carbocycles. The van der Waals surface area contributed by atoms with E-state index >= 15 is 0 Å². The van der Waals surface area contributed by atoms with Gasteiger partial charge in [0.2, 0.25) is 0 Å². The van der Waals surface area contributed by atoms with Crippen molar-refractivity contribution in [2.24, 2.45) is 0 Å². The molecule has 2 unspecified atom stereocenters. The van der Waals surface area contributed by atoms with Crippen molar-refractivity contribution in [3.63, 3.8) is 0 Å². The number of alkyl halides is 3. The Morgan fingerprint density at radius 2 is 1.78 bits per heavy atom. The number of carboxylic acids is 1. The van der Waals surface area contributed by atoms with Crippen LogP contribution in [-0.4, -0.2) is 32.6 Å². The molecule has 0 spiro atoms. The van der Waals surface area contributed by atoms with Crippen LogP contribution < -0.4 is 14.5 Å². The van der Waals surface area contributed by atoms with E-state index in [1.54, 1.807) is 23.9 Å². The molecule has 3 aromatic rings. The number of rotatable bonds is 9. The average molecular weight is 593 g/mol. The fourth-order valence-corrected chi connectivity index (χ4v) is 8.54. The van der Waals surface area contributed by atoms with Crippen LogP contribution in [0.15, 0.2) is 83.4 Å². The molecule has 0 aromatic heterocycles. The van der Waals surface area contributed by atoms with Gasteiger partial charge in [-0.25, -0.2) is 0 Å². The number of hydrogen-bond donors (Lipinski definition) is 2. The molecular formula is C28H26F3NO3SSe. The van der Waals surface area contributed by atoms with E-state index in [0.717, 1.165) is 39.8 Å². The second kappa shape index (κ2) is 11.7. The molecule has 2 N–H and O–H groups in total. The molecule has 0 amide bonds. The van der Waals surface area contributed by atoms with E-state index in [0.29, 0.717) is 5.75 Å². The van der Waals surface area contributed by atoms with Gasteiger partial charge in [0.05, 0.1) is 0 Å². The fourth-order valence-electron chi connectivity index (χ4n) is 4.01. The zero-order valence-electron chi connectivity index (χ0n) is 20.2. The minimum atomic E-state index is -4.36. The molecule has 1 aliphatic rings. The molecule has 0 saturated heterocycles. The molecule has 9 heteroatoms. The Kier molecular flexibility index (Phi) is 8.57. The van der Waals surface area contributed by atoms with Crippen molar-refractivity contribution in [3.8, 4) is 5.75 Å². The van der Waals surface area contributed by atoms with Crippen LogP contribution in [0.4, 0.5) is 13.2 Å². The van der Waals surface area contributed by atoms with Gasteiger partial charge in [-0.15, -0.1) is 0 Å². The Morgan fingerprint density at radius 1 is 1.08 bits per heavy atom. The van der Waals surface area contributed by atoms with Crippen LogP contribution in [0, 0.1) is 6.92 Å².